The molecule has 0 aromatic rings. The van der Waals surface area contributed by atoms with Crippen LogP contribution in [0.4, 0.5) is 4.20 Å². The third-order valence-corrected chi connectivity index (χ3v) is 4.92. The highest BCUT2D eigenvalue weighted by Crippen LogP contribution is 2.35. The summed E-state index contributed by atoms with van der Waals surface area (Å²) in [4.78, 5) is 18.5. The fourth-order valence-electron chi connectivity index (χ4n) is 3.12. The lowest BCUT2D eigenvalue weighted by atomic mass is 10.1. The first-order chi connectivity index (χ1) is 14.5. The molecular weight excluding hydrogens is 414 g/mol. The maximum atomic E-state index is 10.4. The third-order valence-electron chi connectivity index (χ3n) is 4.92. The van der Waals surface area contributed by atoms with Crippen molar-refractivity contribution in [1.29, 1.82) is 0 Å². The Morgan fingerprint density at radius 1 is 0.548 bits per heavy atom. The first-order valence-corrected chi connectivity index (χ1v) is 14.1. The van der Waals surface area contributed by atoms with E-state index in [2.05, 4.69) is 51.8 Å². The van der Waals surface area contributed by atoms with Gasteiger partial charge in [0.2, 0.25) is 0 Å². The van der Waals surface area contributed by atoms with Crippen molar-refractivity contribution in [2.45, 2.75) is 117 Å². The second-order valence-electron chi connectivity index (χ2n) is 9.03. The molecule has 0 saturated carbocycles. The van der Waals surface area contributed by atoms with Gasteiger partial charge < -0.3 is 9.80 Å². The van der Waals surface area contributed by atoms with Gasteiger partial charge in [0.25, 0.3) is 0 Å². The van der Waals surface area contributed by atoms with Crippen LogP contribution in [0.5, 0.6) is 0 Å². The van der Waals surface area contributed by atoms with Gasteiger partial charge in [-0.25, -0.2) is 4.57 Å². The maximum absolute atomic E-state index is 10.4. The van der Waals surface area contributed by atoms with E-state index < -0.39 is 7.91 Å². The Morgan fingerprint density at radius 3 is 0.935 bits per heavy atom. The standard InChI is InChI=1S/2C12H27N.FH2O3P/c2*1-4-5-6-7-8-9-10-11-12-13(2)3;1-5(2,3)4/h2*4-12H2,1-3H3;(H2,2,3,4). The van der Waals surface area contributed by atoms with Crippen LogP contribution >= 0.6 is 7.91 Å². The molecule has 0 atom stereocenters. The Labute approximate surface area is 194 Å². The minimum atomic E-state index is -5.14. The van der Waals surface area contributed by atoms with Crippen LogP contribution in [0, 0.1) is 0 Å². The quantitative estimate of drug-likeness (QED) is 0.161. The Hall–Kier alpha value is -0.0000000000000000555. The van der Waals surface area contributed by atoms with Gasteiger partial charge in [-0.2, -0.15) is 0 Å². The molecule has 5 nitrogen and oxygen atoms in total. The van der Waals surface area contributed by atoms with Crippen molar-refractivity contribution in [3.8, 4) is 0 Å². The van der Waals surface area contributed by atoms with E-state index in [-0.39, 0.29) is 0 Å². The number of halogens is 1. The van der Waals surface area contributed by atoms with E-state index in [0.29, 0.717) is 0 Å². The molecule has 0 aromatic heterocycles. The minimum absolute atomic E-state index is 1.26. The van der Waals surface area contributed by atoms with Crippen molar-refractivity contribution in [3.63, 3.8) is 0 Å². The smallest absolute Gasteiger partial charge is 0.309 e. The lowest BCUT2D eigenvalue weighted by molar-refractivity contribution is 0.322. The predicted octanol–water partition coefficient (Wildman–Crippen LogP) is 7.43. The van der Waals surface area contributed by atoms with Crippen LogP contribution in [0.3, 0.4) is 0 Å². The minimum Gasteiger partial charge on any atom is -0.309 e. The monoisotopic (exact) mass is 470 g/mol. The van der Waals surface area contributed by atoms with Gasteiger partial charge in [-0.3, -0.25) is 9.79 Å². The summed E-state index contributed by atoms with van der Waals surface area (Å²) in [6, 6.07) is 0. The highest BCUT2D eigenvalue weighted by Gasteiger charge is 2.04. The number of hydrogen-bond donors (Lipinski definition) is 2. The molecule has 0 aliphatic rings. The molecule has 0 aromatic carbocycles. The van der Waals surface area contributed by atoms with E-state index in [9.17, 15) is 4.20 Å². The molecule has 0 radical (unpaired) electrons. The molecule has 0 spiro atoms. The van der Waals surface area contributed by atoms with E-state index >= 15 is 0 Å². The molecule has 0 fully saturated rings. The van der Waals surface area contributed by atoms with Crippen molar-refractivity contribution in [2.24, 2.45) is 0 Å². The fourth-order valence-corrected chi connectivity index (χ4v) is 3.12. The van der Waals surface area contributed by atoms with Crippen LogP contribution in [0.2, 0.25) is 0 Å². The van der Waals surface area contributed by atoms with Crippen LogP contribution in [0.15, 0.2) is 0 Å². The van der Waals surface area contributed by atoms with Crippen molar-refractivity contribution >= 4 is 7.91 Å². The van der Waals surface area contributed by atoms with Crippen LogP contribution in [-0.2, 0) is 4.57 Å². The van der Waals surface area contributed by atoms with Gasteiger partial charge in [0, 0.05) is 0 Å². The molecule has 31 heavy (non-hydrogen) atoms. The second kappa shape index (κ2) is 28.0. The van der Waals surface area contributed by atoms with E-state index in [1.54, 1.807) is 0 Å². The zero-order chi connectivity index (χ0) is 24.4. The normalized spacial score (nSPS) is 11.2. The molecular formula is C24H56FN2O3P. The summed E-state index contributed by atoms with van der Waals surface area (Å²) in [6.45, 7) is 7.07. The number of nitrogens with zero attached hydrogens (tertiary/aromatic N) is 2. The summed E-state index contributed by atoms with van der Waals surface area (Å²) in [5.74, 6) is 0. The Balaban J connectivity index is -0.000000416. The number of rotatable bonds is 18. The summed E-state index contributed by atoms with van der Waals surface area (Å²) in [7, 11) is 3.48. The molecule has 192 valence electrons. The summed E-state index contributed by atoms with van der Waals surface area (Å²) < 4.78 is 19.0. The lowest BCUT2D eigenvalue weighted by Crippen LogP contribution is -2.12. The first kappa shape index (κ1) is 35.6. The number of hydrogen-bond acceptors (Lipinski definition) is 3. The summed E-state index contributed by atoms with van der Waals surface area (Å²) in [6.07, 6.45) is 22.8. The van der Waals surface area contributed by atoms with Gasteiger partial charge in [0.1, 0.15) is 0 Å². The van der Waals surface area contributed by atoms with Crippen molar-refractivity contribution in [3.05, 3.63) is 0 Å². The molecule has 0 aliphatic heterocycles. The van der Waals surface area contributed by atoms with E-state index in [4.69, 9.17) is 14.4 Å². The SMILES string of the molecule is CCCCCCCCCCN(C)C.CCCCCCCCCCN(C)C.O=P(O)(O)F. The van der Waals surface area contributed by atoms with Crippen LogP contribution in [0.25, 0.3) is 0 Å². The zero-order valence-corrected chi connectivity index (χ0v) is 22.6. The number of unbranched alkanes of at least 4 members (excludes halogenated alkanes) is 14. The summed E-state index contributed by atoms with van der Waals surface area (Å²) in [5.41, 5.74) is 0. The molecule has 2 N–H and O–H groups in total. The van der Waals surface area contributed by atoms with Crippen LogP contribution in [-0.4, -0.2) is 60.9 Å². The van der Waals surface area contributed by atoms with Crippen molar-refractivity contribution in [1.82, 2.24) is 9.80 Å². The summed E-state index contributed by atoms with van der Waals surface area (Å²) >= 11 is 0. The topological polar surface area (TPSA) is 64.0 Å². The molecule has 0 heterocycles. The van der Waals surface area contributed by atoms with Gasteiger partial charge in [0.05, 0.1) is 0 Å². The van der Waals surface area contributed by atoms with Gasteiger partial charge >= 0.3 is 7.91 Å². The lowest BCUT2D eigenvalue weighted by Gasteiger charge is -2.08. The average Bonchev–Trinajstić information content (AvgIpc) is 2.65. The third kappa shape index (κ3) is 58.8. The summed E-state index contributed by atoms with van der Waals surface area (Å²) in [5, 5.41) is 0. The highest BCUT2D eigenvalue weighted by molar-refractivity contribution is 7.45. The van der Waals surface area contributed by atoms with Gasteiger partial charge in [-0.1, -0.05) is 104 Å². The molecule has 0 bridgehead atoms. The molecule has 0 aliphatic carbocycles. The van der Waals surface area contributed by atoms with E-state index in [1.807, 2.05) is 0 Å². The largest absolute Gasteiger partial charge is 0.507 e. The molecule has 0 amide bonds. The average molecular weight is 471 g/mol. The van der Waals surface area contributed by atoms with Crippen LogP contribution in [0.1, 0.15) is 117 Å². The van der Waals surface area contributed by atoms with Crippen molar-refractivity contribution < 1.29 is 18.5 Å². The Bertz CT molecular complexity index is 334. The van der Waals surface area contributed by atoms with E-state index in [1.165, 1.54) is 116 Å². The Morgan fingerprint density at radius 2 is 0.742 bits per heavy atom. The molecule has 0 unspecified atom stereocenters. The molecule has 0 rings (SSSR count). The van der Waals surface area contributed by atoms with E-state index in [0.717, 1.165) is 0 Å². The molecule has 0 saturated heterocycles. The highest BCUT2D eigenvalue weighted by atomic mass is 31.2. The Kier molecular flexibility index (Phi) is 32.2. The second-order valence-corrected chi connectivity index (χ2v) is 9.98. The van der Waals surface area contributed by atoms with Gasteiger partial charge in [-0.05, 0) is 54.1 Å². The van der Waals surface area contributed by atoms with Gasteiger partial charge in [0.15, 0.2) is 0 Å². The fraction of sp³-hybridized carbons (Fsp3) is 1.00. The maximum Gasteiger partial charge on any atom is 0.507 e. The molecule has 7 heteroatoms. The van der Waals surface area contributed by atoms with Crippen LogP contribution < -0.4 is 0 Å². The van der Waals surface area contributed by atoms with Crippen molar-refractivity contribution in [2.75, 3.05) is 41.3 Å². The first-order valence-electron chi connectivity index (χ1n) is 12.6. The predicted molar refractivity (Wildman–Crippen MR) is 135 cm³/mol. The zero-order valence-electron chi connectivity index (χ0n) is 21.8. The van der Waals surface area contributed by atoms with Gasteiger partial charge in [-0.15, -0.1) is 4.20 Å².